The van der Waals surface area contributed by atoms with Crippen LogP contribution in [0.5, 0.6) is 0 Å². The van der Waals surface area contributed by atoms with Crippen molar-refractivity contribution in [2.24, 2.45) is 16.5 Å². The van der Waals surface area contributed by atoms with E-state index >= 15 is 0 Å². The molecule has 17 heavy (non-hydrogen) atoms. The van der Waals surface area contributed by atoms with Crippen LogP contribution in [0.4, 0.5) is 0 Å². The second kappa shape index (κ2) is 3.70. The highest BCUT2D eigenvalue weighted by atomic mass is 32.2. The third-order valence-electron chi connectivity index (χ3n) is 2.22. The Bertz CT molecular complexity index is 655. The van der Waals surface area contributed by atoms with Crippen molar-refractivity contribution in [2.75, 3.05) is 0 Å². The van der Waals surface area contributed by atoms with E-state index < -0.39 is 15.7 Å². The number of nitrogens with zero attached hydrogens (tertiary/aromatic N) is 1. The molecule has 1 aliphatic rings. The van der Waals surface area contributed by atoms with Crippen LogP contribution in [0.1, 0.15) is 15.9 Å². The van der Waals surface area contributed by atoms with Gasteiger partial charge in [0.2, 0.25) is 0 Å². The van der Waals surface area contributed by atoms with Crippen molar-refractivity contribution in [3.8, 4) is 0 Å². The minimum absolute atomic E-state index is 0.0918. The summed E-state index contributed by atoms with van der Waals surface area (Å²) >= 11 is 0. The molecule has 0 unspecified atom stereocenters. The maximum atomic E-state index is 11.6. The summed E-state index contributed by atoms with van der Waals surface area (Å²) in [7, 11) is -3.43. The van der Waals surface area contributed by atoms with Crippen LogP contribution in [0.3, 0.4) is 0 Å². The van der Waals surface area contributed by atoms with Gasteiger partial charge in [0, 0.05) is 11.0 Å². The average molecular weight is 251 g/mol. The fourth-order valence-corrected chi connectivity index (χ4v) is 2.70. The monoisotopic (exact) mass is 251 g/mol. The van der Waals surface area contributed by atoms with E-state index in [-0.39, 0.29) is 16.4 Å². The molecule has 2 rings (SSSR count). The van der Waals surface area contributed by atoms with Gasteiger partial charge in [-0.2, -0.15) is 4.99 Å². The number of rotatable bonds is 1. The second-order valence-corrected chi connectivity index (χ2v) is 5.24. The first-order chi connectivity index (χ1) is 7.90. The van der Waals surface area contributed by atoms with Crippen molar-refractivity contribution < 1.29 is 13.2 Å². The molecule has 0 saturated carbocycles. The molecule has 1 heterocycles. The first-order valence-corrected chi connectivity index (χ1v) is 6.16. The first kappa shape index (κ1) is 11.3. The number of carbonyl (C=O) groups is 1. The zero-order valence-corrected chi connectivity index (χ0v) is 9.44. The Hall–Kier alpha value is -2.15. The van der Waals surface area contributed by atoms with Gasteiger partial charge in [-0.25, -0.2) is 8.42 Å². The summed E-state index contributed by atoms with van der Waals surface area (Å²) in [6, 6.07) is 4.27. The Morgan fingerprint density at radius 2 is 1.94 bits per heavy atom. The Morgan fingerprint density at radius 1 is 1.24 bits per heavy atom. The quantitative estimate of drug-likeness (QED) is 0.532. The topological polar surface area (TPSA) is 116 Å². The van der Waals surface area contributed by atoms with Crippen molar-refractivity contribution in [3.05, 3.63) is 34.7 Å². The normalized spacial score (nSPS) is 15.3. The largest absolute Gasteiger partial charge is 0.370 e. The summed E-state index contributed by atoms with van der Waals surface area (Å²) in [5.74, 6) is -1.04. The maximum Gasteiger partial charge on any atom is 0.280 e. The van der Waals surface area contributed by atoms with Crippen molar-refractivity contribution in [3.63, 3.8) is 0 Å². The van der Waals surface area contributed by atoms with Crippen molar-refractivity contribution in [1.82, 2.24) is 0 Å². The molecule has 1 amide bonds. The van der Waals surface area contributed by atoms with Crippen molar-refractivity contribution in [1.29, 1.82) is 0 Å². The number of nitrogens with two attached hydrogens (primary N) is 2. The summed E-state index contributed by atoms with van der Waals surface area (Å²) in [6.07, 6.45) is 1.47. The molecule has 0 radical (unpaired) electrons. The van der Waals surface area contributed by atoms with E-state index in [0.29, 0.717) is 5.56 Å². The molecule has 7 heteroatoms. The van der Waals surface area contributed by atoms with E-state index in [1.165, 1.54) is 24.3 Å². The van der Waals surface area contributed by atoms with Gasteiger partial charge in [-0.3, -0.25) is 4.79 Å². The SMILES string of the molecule is NC(N)=NC(=O)c1ccc2c(c1)S(=O)(=O)C=C2. The van der Waals surface area contributed by atoms with E-state index in [2.05, 4.69) is 4.99 Å². The molecule has 4 N–H and O–H groups in total. The van der Waals surface area contributed by atoms with E-state index in [0.717, 1.165) is 5.41 Å². The van der Waals surface area contributed by atoms with Crippen LogP contribution in [0.25, 0.3) is 6.08 Å². The predicted molar refractivity (Wildman–Crippen MR) is 62.8 cm³/mol. The Kier molecular flexibility index (Phi) is 2.47. The number of fused-ring (bicyclic) bond motifs is 1. The summed E-state index contributed by atoms with van der Waals surface area (Å²) < 4.78 is 23.1. The Morgan fingerprint density at radius 3 is 2.59 bits per heavy atom. The summed E-state index contributed by atoms with van der Waals surface area (Å²) in [5, 5.41) is 1.09. The van der Waals surface area contributed by atoms with E-state index in [4.69, 9.17) is 11.5 Å². The predicted octanol–water partition coefficient (Wildman–Crippen LogP) is -0.142. The van der Waals surface area contributed by atoms with Crippen molar-refractivity contribution in [2.45, 2.75) is 4.90 Å². The number of guanidine groups is 1. The number of carbonyl (C=O) groups excluding carboxylic acids is 1. The van der Waals surface area contributed by atoms with E-state index in [1.54, 1.807) is 0 Å². The molecule has 88 valence electrons. The standard InChI is InChI=1S/C10H9N3O3S/c11-10(12)13-9(14)7-2-1-6-3-4-17(15,16)8(6)5-7/h1-5H,(H4,11,12,13,14). The molecule has 6 nitrogen and oxygen atoms in total. The summed E-state index contributed by atoms with van der Waals surface area (Å²) in [6.45, 7) is 0. The summed E-state index contributed by atoms with van der Waals surface area (Å²) in [4.78, 5) is 14.9. The number of sulfone groups is 1. The first-order valence-electron chi connectivity index (χ1n) is 4.61. The van der Waals surface area contributed by atoms with Gasteiger partial charge >= 0.3 is 0 Å². The number of hydrogen-bond donors (Lipinski definition) is 2. The van der Waals surface area contributed by atoms with Crippen molar-refractivity contribution >= 4 is 27.8 Å². The zero-order valence-electron chi connectivity index (χ0n) is 8.62. The van der Waals surface area contributed by atoms with Gasteiger partial charge in [-0.05, 0) is 23.8 Å². The van der Waals surface area contributed by atoms with Crippen LogP contribution in [0.15, 0.2) is 33.5 Å². The number of aliphatic imine (C=N–C) groups is 1. The molecule has 1 aromatic carbocycles. The highest BCUT2D eigenvalue weighted by molar-refractivity contribution is 7.94. The van der Waals surface area contributed by atoms with Crippen LogP contribution in [0, 0.1) is 0 Å². The fraction of sp³-hybridized carbons (Fsp3) is 0. The van der Waals surface area contributed by atoms with Gasteiger partial charge in [0.05, 0.1) is 4.90 Å². The number of amides is 1. The minimum atomic E-state index is -3.43. The second-order valence-electron chi connectivity index (χ2n) is 3.44. The smallest absolute Gasteiger partial charge is 0.280 e. The third kappa shape index (κ3) is 2.04. The molecule has 0 aromatic heterocycles. The lowest BCUT2D eigenvalue weighted by Gasteiger charge is -2.01. The highest BCUT2D eigenvalue weighted by Crippen LogP contribution is 2.27. The number of hydrogen-bond acceptors (Lipinski definition) is 3. The number of benzene rings is 1. The van der Waals surface area contributed by atoms with Crippen LogP contribution < -0.4 is 11.5 Å². The molecular weight excluding hydrogens is 242 g/mol. The zero-order chi connectivity index (χ0) is 12.6. The van der Waals surface area contributed by atoms with Gasteiger partial charge in [0.15, 0.2) is 15.8 Å². The Balaban J connectivity index is 2.50. The highest BCUT2D eigenvalue weighted by Gasteiger charge is 2.21. The molecule has 1 aromatic rings. The van der Waals surface area contributed by atoms with Crippen LogP contribution >= 0.6 is 0 Å². The lowest BCUT2D eigenvalue weighted by Crippen LogP contribution is -2.24. The van der Waals surface area contributed by atoms with Gasteiger partial charge in [0.25, 0.3) is 5.91 Å². The van der Waals surface area contributed by atoms with Gasteiger partial charge in [-0.15, -0.1) is 0 Å². The molecule has 0 bridgehead atoms. The fourth-order valence-electron chi connectivity index (χ4n) is 1.47. The van der Waals surface area contributed by atoms with Crippen LogP contribution in [-0.2, 0) is 9.84 Å². The molecule has 0 atom stereocenters. The van der Waals surface area contributed by atoms with Gasteiger partial charge in [0.1, 0.15) is 0 Å². The minimum Gasteiger partial charge on any atom is -0.370 e. The molecule has 0 aliphatic carbocycles. The molecule has 0 spiro atoms. The maximum absolute atomic E-state index is 11.6. The molecule has 1 aliphatic heterocycles. The van der Waals surface area contributed by atoms with E-state index in [1.807, 2.05) is 0 Å². The van der Waals surface area contributed by atoms with Crippen LogP contribution in [0.2, 0.25) is 0 Å². The molecule has 0 saturated heterocycles. The Labute approximate surface area is 97.6 Å². The van der Waals surface area contributed by atoms with Gasteiger partial charge in [-0.1, -0.05) is 6.07 Å². The molecule has 0 fully saturated rings. The van der Waals surface area contributed by atoms with Crippen LogP contribution in [-0.4, -0.2) is 20.3 Å². The lowest BCUT2D eigenvalue weighted by molar-refractivity contribution is 0.100. The summed E-state index contributed by atoms with van der Waals surface area (Å²) in [5.41, 5.74) is 10.8. The van der Waals surface area contributed by atoms with E-state index in [9.17, 15) is 13.2 Å². The van der Waals surface area contributed by atoms with Gasteiger partial charge < -0.3 is 11.5 Å². The lowest BCUT2D eigenvalue weighted by atomic mass is 10.1. The third-order valence-corrected chi connectivity index (χ3v) is 3.69. The average Bonchev–Trinajstić information content (AvgIpc) is 2.54. The molecular formula is C10H9N3O3S.